The van der Waals surface area contributed by atoms with Crippen LogP contribution in [0.15, 0.2) is 47.5 Å². The molecule has 1 N–H and O–H groups in total. The van der Waals surface area contributed by atoms with Crippen molar-refractivity contribution in [2.45, 2.75) is 11.3 Å². The Bertz CT molecular complexity index is 833. The topological polar surface area (TPSA) is 82.7 Å². The molecule has 0 spiro atoms. The average molecular weight is 363 g/mol. The van der Waals surface area contributed by atoms with Crippen LogP contribution in [0.3, 0.4) is 0 Å². The van der Waals surface area contributed by atoms with Crippen molar-refractivity contribution in [1.29, 1.82) is 0 Å². The molecule has 0 atom stereocenters. The molecule has 1 aliphatic heterocycles. The Morgan fingerprint density at radius 1 is 1.12 bits per heavy atom. The van der Waals surface area contributed by atoms with Crippen LogP contribution < -0.4 is 4.74 Å². The number of nitrogens with one attached hydrogen (secondary N) is 1. The van der Waals surface area contributed by atoms with Crippen molar-refractivity contribution >= 4 is 15.9 Å². The zero-order valence-corrected chi connectivity index (χ0v) is 14.8. The van der Waals surface area contributed by atoms with Crippen molar-refractivity contribution in [3.8, 4) is 5.75 Å². The fraction of sp³-hybridized carbons (Fsp3) is 0.353. The van der Waals surface area contributed by atoms with Crippen LogP contribution in [0.25, 0.3) is 0 Å². The van der Waals surface area contributed by atoms with Gasteiger partial charge in [0.2, 0.25) is 10.0 Å². The summed E-state index contributed by atoms with van der Waals surface area (Å²) in [5.41, 5.74) is 0.518. The molecule has 2 aromatic rings. The van der Waals surface area contributed by atoms with Gasteiger partial charge in [0.1, 0.15) is 11.4 Å². The number of amides is 1. The number of carbonyl (C=O) groups excluding carboxylic acids is 1. The Kier molecular flexibility index (Phi) is 5.10. The van der Waals surface area contributed by atoms with Gasteiger partial charge in [-0.1, -0.05) is 6.07 Å². The van der Waals surface area contributed by atoms with E-state index in [2.05, 4.69) is 4.98 Å². The second-order valence-electron chi connectivity index (χ2n) is 5.81. The summed E-state index contributed by atoms with van der Waals surface area (Å²) in [5.74, 6) is 0.394. The Balaban J connectivity index is 1.74. The van der Waals surface area contributed by atoms with Crippen LogP contribution in [-0.4, -0.2) is 61.8 Å². The molecular weight excluding hydrogens is 342 g/mol. The zero-order valence-electron chi connectivity index (χ0n) is 14.0. The molecule has 1 aromatic heterocycles. The van der Waals surface area contributed by atoms with E-state index >= 15 is 0 Å². The lowest BCUT2D eigenvalue weighted by Gasteiger charge is -2.21. The van der Waals surface area contributed by atoms with Crippen LogP contribution in [-0.2, 0) is 10.0 Å². The summed E-state index contributed by atoms with van der Waals surface area (Å²) < 4.78 is 32.3. The van der Waals surface area contributed by atoms with Crippen molar-refractivity contribution in [3.05, 3.63) is 48.3 Å². The smallest absolute Gasteiger partial charge is 0.270 e. The van der Waals surface area contributed by atoms with E-state index < -0.39 is 10.0 Å². The van der Waals surface area contributed by atoms with Crippen molar-refractivity contribution < 1.29 is 17.9 Å². The number of aromatic amines is 1. The van der Waals surface area contributed by atoms with Gasteiger partial charge in [-0.25, -0.2) is 8.42 Å². The standard InChI is InChI=1S/C17H21N3O4S/c1-24-14-5-2-6-15(13-14)25(22,23)20-10-4-9-19(11-12-20)17(21)16-7-3-8-18-16/h2-3,5-8,13,18H,4,9-12H2,1H3. The molecular formula is C17H21N3O4S. The lowest BCUT2D eigenvalue weighted by atomic mass is 10.3. The Morgan fingerprint density at radius 3 is 2.68 bits per heavy atom. The molecule has 1 aliphatic rings. The largest absolute Gasteiger partial charge is 0.497 e. The Morgan fingerprint density at radius 2 is 1.96 bits per heavy atom. The minimum absolute atomic E-state index is 0.106. The summed E-state index contributed by atoms with van der Waals surface area (Å²) in [6, 6.07) is 9.93. The van der Waals surface area contributed by atoms with Crippen molar-refractivity contribution in [1.82, 2.24) is 14.2 Å². The van der Waals surface area contributed by atoms with Crippen molar-refractivity contribution in [3.63, 3.8) is 0 Å². The van der Waals surface area contributed by atoms with Gasteiger partial charge in [-0.3, -0.25) is 4.79 Å². The normalized spacial score (nSPS) is 16.4. The highest BCUT2D eigenvalue weighted by Gasteiger charge is 2.29. The second kappa shape index (κ2) is 7.28. The first-order chi connectivity index (χ1) is 12.0. The number of nitrogens with zero attached hydrogens (tertiary/aromatic N) is 2. The van der Waals surface area contributed by atoms with Gasteiger partial charge in [-0.05, 0) is 30.7 Å². The average Bonchev–Trinajstić information content (AvgIpc) is 3.05. The van der Waals surface area contributed by atoms with Crippen LogP contribution in [0.5, 0.6) is 5.75 Å². The number of benzene rings is 1. The molecule has 134 valence electrons. The van der Waals surface area contributed by atoms with Gasteiger partial charge < -0.3 is 14.6 Å². The fourth-order valence-electron chi connectivity index (χ4n) is 2.88. The molecule has 0 saturated carbocycles. The number of hydrogen-bond donors (Lipinski definition) is 1. The lowest BCUT2D eigenvalue weighted by Crippen LogP contribution is -2.37. The van der Waals surface area contributed by atoms with Crippen LogP contribution in [0.1, 0.15) is 16.9 Å². The third-order valence-electron chi connectivity index (χ3n) is 4.25. The third-order valence-corrected chi connectivity index (χ3v) is 6.14. The monoisotopic (exact) mass is 363 g/mol. The molecule has 25 heavy (non-hydrogen) atoms. The number of rotatable bonds is 4. The van der Waals surface area contributed by atoms with Crippen LogP contribution >= 0.6 is 0 Å². The van der Waals surface area contributed by atoms with Crippen LogP contribution in [0, 0.1) is 0 Å². The van der Waals surface area contributed by atoms with Gasteiger partial charge in [-0.15, -0.1) is 0 Å². The summed E-state index contributed by atoms with van der Waals surface area (Å²) in [7, 11) is -2.11. The highest BCUT2D eigenvalue weighted by Crippen LogP contribution is 2.22. The van der Waals surface area contributed by atoms with Gasteiger partial charge in [0, 0.05) is 38.4 Å². The maximum Gasteiger partial charge on any atom is 0.270 e. The van der Waals surface area contributed by atoms with Gasteiger partial charge in [-0.2, -0.15) is 4.31 Å². The molecule has 1 fully saturated rings. The molecule has 1 aromatic carbocycles. The maximum absolute atomic E-state index is 12.9. The van der Waals surface area contributed by atoms with E-state index in [1.165, 1.54) is 17.5 Å². The number of H-pyrrole nitrogens is 1. The first-order valence-electron chi connectivity index (χ1n) is 8.09. The number of sulfonamides is 1. The Labute approximate surface area is 147 Å². The van der Waals surface area contributed by atoms with Gasteiger partial charge in [0.05, 0.1) is 12.0 Å². The Hall–Kier alpha value is -2.32. The maximum atomic E-state index is 12.9. The number of aromatic nitrogens is 1. The summed E-state index contributed by atoms with van der Waals surface area (Å²) >= 11 is 0. The lowest BCUT2D eigenvalue weighted by molar-refractivity contribution is 0.0759. The zero-order chi connectivity index (χ0) is 17.9. The predicted octanol–water partition coefficient (Wildman–Crippen LogP) is 1.56. The summed E-state index contributed by atoms with van der Waals surface area (Å²) in [4.78, 5) is 17.2. The second-order valence-corrected chi connectivity index (χ2v) is 7.75. The molecule has 7 nitrogen and oxygen atoms in total. The number of ether oxygens (including phenoxy) is 1. The molecule has 3 rings (SSSR count). The van der Waals surface area contributed by atoms with E-state index in [0.717, 1.165) is 0 Å². The summed E-state index contributed by atoms with van der Waals surface area (Å²) in [5, 5.41) is 0. The highest BCUT2D eigenvalue weighted by molar-refractivity contribution is 7.89. The van der Waals surface area contributed by atoms with E-state index in [4.69, 9.17) is 4.74 Å². The molecule has 0 radical (unpaired) electrons. The minimum Gasteiger partial charge on any atom is -0.497 e. The third kappa shape index (κ3) is 3.69. The summed E-state index contributed by atoms with van der Waals surface area (Å²) in [6.45, 7) is 1.54. The first kappa shape index (κ1) is 17.5. The van der Waals surface area contributed by atoms with Gasteiger partial charge >= 0.3 is 0 Å². The molecule has 1 saturated heterocycles. The van der Waals surface area contributed by atoms with Crippen molar-refractivity contribution in [2.75, 3.05) is 33.3 Å². The van der Waals surface area contributed by atoms with E-state index in [-0.39, 0.29) is 17.3 Å². The molecule has 0 unspecified atom stereocenters. The molecule has 8 heteroatoms. The van der Waals surface area contributed by atoms with E-state index in [1.807, 2.05) is 0 Å². The van der Waals surface area contributed by atoms with Gasteiger partial charge in [0.25, 0.3) is 5.91 Å². The van der Waals surface area contributed by atoms with E-state index in [0.29, 0.717) is 37.5 Å². The van der Waals surface area contributed by atoms with Crippen LogP contribution in [0.4, 0.5) is 0 Å². The molecule has 2 heterocycles. The molecule has 0 bridgehead atoms. The van der Waals surface area contributed by atoms with Crippen molar-refractivity contribution in [2.24, 2.45) is 0 Å². The minimum atomic E-state index is -3.61. The predicted molar refractivity (Wildman–Crippen MR) is 93.1 cm³/mol. The number of carbonyl (C=O) groups is 1. The van der Waals surface area contributed by atoms with Crippen LogP contribution in [0.2, 0.25) is 0 Å². The summed E-state index contributed by atoms with van der Waals surface area (Å²) in [6.07, 6.45) is 2.29. The number of hydrogen-bond acceptors (Lipinski definition) is 4. The van der Waals surface area contributed by atoms with E-state index in [9.17, 15) is 13.2 Å². The fourth-order valence-corrected chi connectivity index (χ4v) is 4.39. The van der Waals surface area contributed by atoms with E-state index in [1.54, 1.807) is 41.4 Å². The highest BCUT2D eigenvalue weighted by atomic mass is 32.2. The number of methoxy groups -OCH3 is 1. The van der Waals surface area contributed by atoms with Gasteiger partial charge in [0.15, 0.2) is 0 Å². The quantitative estimate of drug-likeness (QED) is 0.894. The molecule has 1 amide bonds. The first-order valence-corrected chi connectivity index (χ1v) is 9.53. The molecule has 0 aliphatic carbocycles. The SMILES string of the molecule is COc1cccc(S(=O)(=O)N2CCCN(C(=O)c3ccc[nH]3)CC2)c1.